The van der Waals surface area contributed by atoms with Gasteiger partial charge in [-0.3, -0.25) is 33.9 Å². The fraction of sp³-hybridized carbons (Fsp3) is 0.697. The number of anilines is 3. The average Bonchev–Trinajstić information content (AvgIpc) is 1.46. The topological polar surface area (TPSA) is 236 Å². The summed E-state index contributed by atoms with van der Waals surface area (Å²) in [6.45, 7) is 2.34. The first-order chi connectivity index (χ1) is 53.7. The summed E-state index contributed by atoms with van der Waals surface area (Å²) < 4.78 is 6.09. The number of carboxylic acids is 3. The molecule has 6 aromatic rings. The molecular formula is C89H118N12O9. The third kappa shape index (κ3) is 13.9. The molecular weight excluding hydrogens is 1380 g/mol. The van der Waals surface area contributed by atoms with Gasteiger partial charge in [-0.25, -0.2) is 24.5 Å². The van der Waals surface area contributed by atoms with Crippen LogP contribution < -0.4 is 31.4 Å². The molecule has 6 aliphatic carbocycles. The Balaban J connectivity index is 0.000000112. The van der Waals surface area contributed by atoms with Gasteiger partial charge in [-0.2, -0.15) is 0 Å². The maximum Gasteiger partial charge on any atom is 0.326 e. The zero-order valence-electron chi connectivity index (χ0n) is 64.7. The van der Waals surface area contributed by atoms with E-state index in [0.29, 0.717) is 92.7 Å². The van der Waals surface area contributed by atoms with Gasteiger partial charge < -0.3 is 43.7 Å². The summed E-state index contributed by atoms with van der Waals surface area (Å²) in [5, 5.41) is 28.4. The van der Waals surface area contributed by atoms with E-state index in [4.69, 9.17) is 15.1 Å². The number of carboxylic acid groups (broad SMARTS) is 3. The van der Waals surface area contributed by atoms with E-state index in [1.807, 2.05) is 80.8 Å². The fourth-order valence-corrected chi connectivity index (χ4v) is 26.5. The molecule has 0 spiro atoms. The molecule has 21 nitrogen and oxygen atoms in total. The molecule has 0 radical (unpaired) electrons. The first-order valence-electron chi connectivity index (χ1n) is 44.0. The first-order valence-corrected chi connectivity index (χ1v) is 44.0. The number of carbonyl (C=O) groups is 3. The Morgan fingerprint density at radius 2 is 0.627 bits per heavy atom. The summed E-state index contributed by atoms with van der Waals surface area (Å²) in [6, 6.07) is 28.6. The van der Waals surface area contributed by atoms with Crippen LogP contribution in [0.2, 0.25) is 0 Å². The SMILES string of the molecule is O=C(O)CC1CN(c2nc3ccccc3n(C3C[C@H]4CC[C@@H](C3)N4C3C[C@H]4CCCC[C@@H](C3)C4)c2=O)C1.O=C(O)[C@@H]1CCN1c1nc2ccccc2n(C2C[C@H]3CC[C@@H](C2)N3C2C[C@H]3CCCC[C@@H](C2)C3)c1=O.O=C(O)[C@H]1CCN1c1nc2ccccc2n(C2C[C@H]3CCC[C@@H](C2)N3C2C[C@H]3CCCC[C@@H](C2)C3)c1=O. The lowest BCUT2D eigenvalue weighted by Crippen LogP contribution is -2.59. The van der Waals surface area contributed by atoms with Gasteiger partial charge in [0.15, 0.2) is 17.5 Å². The van der Waals surface area contributed by atoms with Crippen molar-refractivity contribution in [2.75, 3.05) is 40.9 Å². The Kier molecular flexibility index (Phi) is 20.3. The first kappa shape index (κ1) is 73.0. The van der Waals surface area contributed by atoms with Crippen LogP contribution in [-0.2, 0) is 14.4 Å². The molecule has 20 atom stereocenters. The van der Waals surface area contributed by atoms with Gasteiger partial charge in [0.25, 0.3) is 16.7 Å². The van der Waals surface area contributed by atoms with Gasteiger partial charge in [0.2, 0.25) is 0 Å². The molecule has 9 saturated heterocycles. The van der Waals surface area contributed by atoms with E-state index in [9.17, 15) is 39.0 Å². The normalized spacial score (nSPS) is 35.6. The molecule has 15 aliphatic rings. The van der Waals surface area contributed by atoms with Crippen LogP contribution in [0.4, 0.5) is 17.5 Å². The number of nitrogens with zero attached hydrogens (tertiary/aromatic N) is 12. The minimum atomic E-state index is -0.874. The van der Waals surface area contributed by atoms with Crippen LogP contribution in [0.25, 0.3) is 33.1 Å². The highest BCUT2D eigenvalue weighted by Crippen LogP contribution is 2.52. The smallest absolute Gasteiger partial charge is 0.326 e. The number of fused-ring (bicyclic) bond motifs is 15. The predicted molar refractivity (Wildman–Crippen MR) is 427 cm³/mol. The van der Waals surface area contributed by atoms with Gasteiger partial charge in [-0.15, -0.1) is 0 Å². The number of aromatic nitrogens is 6. The zero-order chi connectivity index (χ0) is 74.6. The molecule has 3 aromatic heterocycles. The van der Waals surface area contributed by atoms with Crippen molar-refractivity contribution in [3.8, 4) is 0 Å². The van der Waals surface area contributed by atoms with Gasteiger partial charge in [-0.05, 0) is 220 Å². The molecule has 12 heterocycles. The van der Waals surface area contributed by atoms with Gasteiger partial charge in [-0.1, -0.05) is 120 Å². The summed E-state index contributed by atoms with van der Waals surface area (Å²) >= 11 is 0. The van der Waals surface area contributed by atoms with E-state index in [2.05, 4.69) is 30.3 Å². The Labute approximate surface area is 646 Å². The fourth-order valence-electron chi connectivity index (χ4n) is 26.5. The van der Waals surface area contributed by atoms with Crippen LogP contribution >= 0.6 is 0 Å². The average molecular weight is 1500 g/mol. The van der Waals surface area contributed by atoms with E-state index < -0.39 is 30.0 Å². The molecule has 6 unspecified atom stereocenters. The number of para-hydroxylation sites is 6. The molecule has 110 heavy (non-hydrogen) atoms. The van der Waals surface area contributed by atoms with E-state index >= 15 is 0 Å². The maximum atomic E-state index is 14.0. The van der Waals surface area contributed by atoms with Crippen molar-refractivity contribution < 1.29 is 29.7 Å². The number of piperidine rings is 4. The minimum absolute atomic E-state index is 0.00834. The standard InChI is InChI=1S/2C30H40N4O3.C29H38N4O3/c35-29-28(32-13-12-27(32)30(36)37)31-25-10-3-4-11-26(25)34(29)24-17-21-8-5-9-22(18-24)33(21)23-15-19-6-1-2-7-20(14-19)16-23;35-28(36)14-21-17-32(18-21)29-30(37)34(27-8-4-3-7-26(27)31-29)25-15-22-9-10-23(16-25)33(22)24-12-19-5-1-2-6-20(11-19)13-24;34-28-27(31-12-11-26(31)29(35)36)30-24-7-3-4-8-25(24)33(28)23-16-20-9-10-21(17-23)32(20)22-14-18-5-1-2-6-19(13-18)15-22/h3-4,10-11,19-24,27H,1-2,5-9,12-18H2,(H,36,37);3-4,7-8,19-25H,1-2,5-6,9-18H2,(H,35,36);3-4,7-8,18-23,26H,1-2,5-6,9-17H2,(H,35,36)/t19-,20+,21-,22+,23?,24?,27-;19-,20+,22-,23+,24?,25?;18-,19+,20-,21+,22?,23?,26-/m1.0/s1. The Morgan fingerprint density at radius 1 is 0.327 bits per heavy atom. The third-order valence-corrected chi connectivity index (χ3v) is 31.2. The van der Waals surface area contributed by atoms with Crippen molar-refractivity contribution in [3.63, 3.8) is 0 Å². The van der Waals surface area contributed by atoms with Crippen LogP contribution in [0.3, 0.4) is 0 Å². The summed E-state index contributed by atoms with van der Waals surface area (Å²) in [6.07, 6.45) is 46.0. The van der Waals surface area contributed by atoms with Crippen molar-refractivity contribution in [3.05, 3.63) is 104 Å². The van der Waals surface area contributed by atoms with Crippen LogP contribution in [-0.4, -0.2) is 169 Å². The minimum Gasteiger partial charge on any atom is -0.481 e. The van der Waals surface area contributed by atoms with Gasteiger partial charge in [0.05, 0.1) is 39.5 Å². The highest BCUT2D eigenvalue weighted by atomic mass is 16.4. The Morgan fingerprint density at radius 3 is 0.927 bits per heavy atom. The zero-order valence-corrected chi connectivity index (χ0v) is 64.7. The van der Waals surface area contributed by atoms with Crippen LogP contribution in [0.1, 0.15) is 256 Å². The largest absolute Gasteiger partial charge is 0.481 e. The van der Waals surface area contributed by atoms with Crippen molar-refractivity contribution in [1.29, 1.82) is 0 Å². The molecule has 0 amide bonds. The van der Waals surface area contributed by atoms with Gasteiger partial charge >= 0.3 is 17.9 Å². The maximum absolute atomic E-state index is 14.0. The second-order valence-electron chi connectivity index (χ2n) is 37.7. The number of hydrogen-bond acceptors (Lipinski definition) is 15. The molecule has 21 heteroatoms. The quantitative estimate of drug-likeness (QED) is 0.0974. The van der Waals surface area contributed by atoms with E-state index in [1.165, 1.54) is 180 Å². The number of hydrogen-bond donors (Lipinski definition) is 3. The highest BCUT2D eigenvalue weighted by molar-refractivity contribution is 5.83. The van der Waals surface area contributed by atoms with Crippen molar-refractivity contribution in [1.82, 2.24) is 43.4 Å². The van der Waals surface area contributed by atoms with Crippen LogP contribution in [0.5, 0.6) is 0 Å². The van der Waals surface area contributed by atoms with E-state index in [1.54, 1.807) is 9.80 Å². The second kappa shape index (κ2) is 30.6. The lowest BCUT2D eigenvalue weighted by atomic mass is 9.73. The van der Waals surface area contributed by atoms with Crippen molar-refractivity contribution in [2.45, 2.75) is 322 Å². The summed E-state index contributed by atoms with van der Waals surface area (Å²) in [7, 11) is 0. The van der Waals surface area contributed by atoms with Crippen LogP contribution in [0.15, 0.2) is 87.2 Å². The molecule has 15 fully saturated rings. The molecule has 3 aromatic carbocycles. The summed E-state index contributed by atoms with van der Waals surface area (Å²) in [4.78, 5) is 105. The van der Waals surface area contributed by atoms with Gasteiger partial charge in [0.1, 0.15) is 12.1 Å². The Bertz CT molecular complexity index is 4530. The monoisotopic (exact) mass is 1500 g/mol. The molecule has 21 rings (SSSR count). The predicted octanol–water partition coefficient (Wildman–Crippen LogP) is 14.4. The molecule has 9 aliphatic heterocycles. The lowest BCUT2D eigenvalue weighted by Gasteiger charge is -2.54. The van der Waals surface area contributed by atoms with Crippen molar-refractivity contribution >= 4 is 68.5 Å². The molecule has 3 N–H and O–H groups in total. The number of rotatable bonds is 13. The van der Waals surface area contributed by atoms with Crippen molar-refractivity contribution in [2.24, 2.45) is 41.4 Å². The number of benzene rings is 3. The van der Waals surface area contributed by atoms with Crippen LogP contribution in [0, 0.1) is 41.4 Å². The lowest BCUT2D eigenvalue weighted by molar-refractivity contribution is -0.141. The second-order valence-corrected chi connectivity index (χ2v) is 37.7. The van der Waals surface area contributed by atoms with Gasteiger partial charge in [0, 0.05) is 105 Å². The molecule has 12 bridgehead atoms. The third-order valence-electron chi connectivity index (χ3n) is 31.2. The summed E-state index contributed by atoms with van der Waals surface area (Å²) in [5.74, 6) is 4.25. The molecule has 588 valence electrons. The highest BCUT2D eigenvalue weighted by Gasteiger charge is 2.52. The number of aliphatic carboxylic acids is 3. The summed E-state index contributed by atoms with van der Waals surface area (Å²) in [5.41, 5.74) is 4.96. The Hall–Kier alpha value is -7.23. The molecule has 6 saturated carbocycles. The van der Waals surface area contributed by atoms with E-state index in [0.717, 1.165) is 125 Å². The van der Waals surface area contributed by atoms with E-state index in [-0.39, 0.29) is 47.1 Å².